The highest BCUT2D eigenvalue weighted by molar-refractivity contribution is 5.33. The highest BCUT2D eigenvalue weighted by Gasteiger charge is 2.32. The van der Waals surface area contributed by atoms with Gasteiger partial charge in [0.05, 0.1) is 6.61 Å². The molecule has 8 heteroatoms. The van der Waals surface area contributed by atoms with Gasteiger partial charge >= 0.3 is 6.18 Å². The molecule has 102 valence electrons. The van der Waals surface area contributed by atoms with Crippen LogP contribution in [0.1, 0.15) is 5.69 Å². The Bertz CT molecular complexity index is 342. The zero-order chi connectivity index (χ0) is 13.4. The van der Waals surface area contributed by atoms with Gasteiger partial charge in [0, 0.05) is 26.7 Å². The lowest BCUT2D eigenvalue weighted by Crippen LogP contribution is -2.25. The molecule has 0 bridgehead atoms. The van der Waals surface area contributed by atoms with Crippen molar-refractivity contribution in [2.24, 2.45) is 0 Å². The first-order valence-electron chi connectivity index (χ1n) is 5.38. The number of aromatic nitrogens is 2. The van der Waals surface area contributed by atoms with E-state index in [2.05, 4.69) is 20.8 Å². The third-order valence-corrected chi connectivity index (χ3v) is 2.05. The van der Waals surface area contributed by atoms with Crippen molar-refractivity contribution in [3.8, 4) is 0 Å². The van der Waals surface area contributed by atoms with Crippen LogP contribution in [0.25, 0.3) is 0 Å². The second kappa shape index (κ2) is 7.12. The molecule has 1 rings (SSSR count). The third kappa shape index (κ3) is 5.28. The van der Waals surface area contributed by atoms with Gasteiger partial charge in [-0.15, -0.1) is 10.2 Å². The first-order chi connectivity index (χ1) is 8.54. The molecule has 1 heterocycles. The molecule has 18 heavy (non-hydrogen) atoms. The first-order valence-corrected chi connectivity index (χ1v) is 5.38. The fraction of sp³-hybridized carbons (Fsp3) is 0.600. The van der Waals surface area contributed by atoms with Gasteiger partial charge in [-0.25, -0.2) is 0 Å². The predicted molar refractivity (Wildman–Crippen MR) is 60.3 cm³/mol. The molecule has 1 aromatic rings. The molecule has 0 radical (unpaired) electrons. The minimum Gasteiger partial charge on any atom is -0.383 e. The first kappa shape index (κ1) is 14.7. The van der Waals surface area contributed by atoms with Crippen molar-refractivity contribution in [2.45, 2.75) is 6.18 Å². The smallest absolute Gasteiger partial charge is 0.383 e. The summed E-state index contributed by atoms with van der Waals surface area (Å²) in [6.07, 6.45) is -4.45. The Hall–Kier alpha value is -1.41. The van der Waals surface area contributed by atoms with Crippen molar-refractivity contribution in [3.63, 3.8) is 0 Å². The van der Waals surface area contributed by atoms with Gasteiger partial charge in [-0.3, -0.25) is 0 Å². The number of halogens is 3. The van der Waals surface area contributed by atoms with E-state index < -0.39 is 11.9 Å². The molecule has 0 unspecified atom stereocenters. The third-order valence-electron chi connectivity index (χ3n) is 2.05. The average molecular weight is 264 g/mol. The van der Waals surface area contributed by atoms with Crippen molar-refractivity contribution in [1.29, 1.82) is 0 Å². The topological polar surface area (TPSA) is 59.1 Å². The Morgan fingerprint density at radius 1 is 1.17 bits per heavy atom. The van der Waals surface area contributed by atoms with Crippen LogP contribution in [0.3, 0.4) is 0 Å². The molecule has 5 nitrogen and oxygen atoms in total. The Balaban J connectivity index is 2.27. The largest absolute Gasteiger partial charge is 0.435 e. The summed E-state index contributed by atoms with van der Waals surface area (Å²) in [6.45, 7) is 2.53. The zero-order valence-electron chi connectivity index (χ0n) is 9.92. The van der Waals surface area contributed by atoms with Crippen LogP contribution in [0.15, 0.2) is 12.1 Å². The monoisotopic (exact) mass is 264 g/mol. The number of anilines is 1. The average Bonchev–Trinajstić information content (AvgIpc) is 2.33. The minimum absolute atomic E-state index is 0.316. The molecule has 0 aliphatic rings. The summed E-state index contributed by atoms with van der Waals surface area (Å²) < 4.78 is 41.4. The molecule has 0 spiro atoms. The fourth-order valence-corrected chi connectivity index (χ4v) is 1.16. The minimum atomic E-state index is -4.45. The molecule has 0 amide bonds. The summed E-state index contributed by atoms with van der Waals surface area (Å²) in [4.78, 5) is 0. The number of ether oxygens (including phenoxy) is 1. The number of hydrogen-bond donors (Lipinski definition) is 2. The van der Waals surface area contributed by atoms with Gasteiger partial charge in [-0.1, -0.05) is 0 Å². The number of alkyl halides is 3. The van der Waals surface area contributed by atoms with Crippen molar-refractivity contribution in [1.82, 2.24) is 15.5 Å². The molecule has 0 aliphatic heterocycles. The van der Waals surface area contributed by atoms with Gasteiger partial charge in [-0.2, -0.15) is 13.2 Å². The van der Waals surface area contributed by atoms with Crippen molar-refractivity contribution in [2.75, 3.05) is 38.7 Å². The summed E-state index contributed by atoms with van der Waals surface area (Å²) in [5.74, 6) is 0.316. The van der Waals surface area contributed by atoms with Crippen LogP contribution in [-0.2, 0) is 10.9 Å². The van der Waals surface area contributed by atoms with Crippen LogP contribution < -0.4 is 10.6 Å². The highest BCUT2D eigenvalue weighted by atomic mass is 19.4. The van der Waals surface area contributed by atoms with Crippen LogP contribution >= 0.6 is 0 Å². The lowest BCUT2D eigenvalue weighted by molar-refractivity contribution is -0.141. The maximum absolute atomic E-state index is 12.2. The summed E-state index contributed by atoms with van der Waals surface area (Å²) in [5.41, 5.74) is -0.994. The molecule has 0 fully saturated rings. The van der Waals surface area contributed by atoms with Crippen molar-refractivity contribution < 1.29 is 17.9 Å². The number of methoxy groups -OCH3 is 1. The second-order valence-electron chi connectivity index (χ2n) is 3.47. The van der Waals surface area contributed by atoms with Gasteiger partial charge in [0.25, 0.3) is 0 Å². The van der Waals surface area contributed by atoms with Gasteiger partial charge in [-0.05, 0) is 12.1 Å². The van der Waals surface area contributed by atoms with Crippen molar-refractivity contribution >= 4 is 5.82 Å². The molecule has 0 saturated heterocycles. The summed E-state index contributed by atoms with van der Waals surface area (Å²) in [7, 11) is 1.61. The maximum atomic E-state index is 12.2. The number of nitrogens with one attached hydrogen (secondary N) is 2. The summed E-state index contributed by atoms with van der Waals surface area (Å²) in [6, 6.07) is 2.15. The normalized spacial score (nSPS) is 11.6. The van der Waals surface area contributed by atoms with E-state index in [0.717, 1.165) is 12.6 Å². The lowest BCUT2D eigenvalue weighted by atomic mass is 10.4. The van der Waals surface area contributed by atoms with E-state index in [9.17, 15) is 13.2 Å². The molecule has 0 atom stereocenters. The van der Waals surface area contributed by atoms with Gasteiger partial charge in [0.15, 0.2) is 5.69 Å². The van der Waals surface area contributed by atoms with E-state index in [1.165, 1.54) is 6.07 Å². The molecule has 1 aromatic heterocycles. The van der Waals surface area contributed by atoms with E-state index in [1.54, 1.807) is 7.11 Å². The Morgan fingerprint density at radius 3 is 2.50 bits per heavy atom. The van der Waals surface area contributed by atoms with E-state index in [4.69, 9.17) is 4.74 Å². The molecular weight excluding hydrogens is 249 g/mol. The van der Waals surface area contributed by atoms with E-state index >= 15 is 0 Å². The van der Waals surface area contributed by atoms with Crippen molar-refractivity contribution in [3.05, 3.63) is 17.8 Å². The van der Waals surface area contributed by atoms with Crippen LogP contribution in [0.4, 0.5) is 19.0 Å². The molecule has 0 aliphatic carbocycles. The lowest BCUT2D eigenvalue weighted by Gasteiger charge is -2.08. The van der Waals surface area contributed by atoms with Gasteiger partial charge < -0.3 is 15.4 Å². The SMILES string of the molecule is COCCNCCNc1ccc(C(F)(F)F)nn1. The van der Waals surface area contributed by atoms with Crippen LogP contribution in [0.2, 0.25) is 0 Å². The molecule has 0 saturated carbocycles. The molecular formula is C10H15F3N4O. The van der Waals surface area contributed by atoms with Crippen LogP contribution in [0.5, 0.6) is 0 Å². The second-order valence-corrected chi connectivity index (χ2v) is 3.47. The number of hydrogen-bond acceptors (Lipinski definition) is 5. The van der Waals surface area contributed by atoms with Gasteiger partial charge in [0.2, 0.25) is 0 Å². The number of rotatable bonds is 7. The fourth-order valence-electron chi connectivity index (χ4n) is 1.16. The summed E-state index contributed by atoms with van der Waals surface area (Å²) >= 11 is 0. The van der Waals surface area contributed by atoms with E-state index in [1.807, 2.05) is 0 Å². The number of nitrogens with zero attached hydrogens (tertiary/aromatic N) is 2. The molecule has 0 aromatic carbocycles. The summed E-state index contributed by atoms with van der Waals surface area (Å²) in [5, 5.41) is 12.5. The van der Waals surface area contributed by atoms with E-state index in [0.29, 0.717) is 25.5 Å². The quantitative estimate of drug-likeness (QED) is 0.723. The maximum Gasteiger partial charge on any atom is 0.435 e. The van der Waals surface area contributed by atoms with Gasteiger partial charge in [0.1, 0.15) is 5.82 Å². The Kier molecular flexibility index (Phi) is 5.79. The predicted octanol–water partition coefficient (Wildman–Crippen LogP) is 1.14. The molecule has 2 N–H and O–H groups in total. The highest BCUT2D eigenvalue weighted by Crippen LogP contribution is 2.26. The zero-order valence-corrected chi connectivity index (χ0v) is 9.92. The van der Waals surface area contributed by atoms with Crippen LogP contribution in [0, 0.1) is 0 Å². The van der Waals surface area contributed by atoms with E-state index in [-0.39, 0.29) is 0 Å². The Labute approximate surface area is 103 Å². The Morgan fingerprint density at radius 2 is 1.94 bits per heavy atom. The van der Waals surface area contributed by atoms with Crippen LogP contribution in [-0.4, -0.2) is 43.5 Å². The standard InChI is InChI=1S/C10H15F3N4O/c1-18-7-6-14-4-5-15-9-3-2-8(16-17-9)10(11,12)13/h2-3,14H,4-7H2,1H3,(H,15,17).